The smallest absolute Gasteiger partial charge is 0.133 e. The molecular weight excluding hydrogens is 255 g/mol. The second-order valence-corrected chi connectivity index (χ2v) is 4.70. The van der Waals surface area contributed by atoms with Crippen LogP contribution in [0.2, 0.25) is 5.15 Å². The molecular formula is C13H14ClFN2O. The van der Waals surface area contributed by atoms with E-state index in [1.165, 1.54) is 10.7 Å². The summed E-state index contributed by atoms with van der Waals surface area (Å²) >= 11 is 6.07. The number of benzene rings is 1. The van der Waals surface area contributed by atoms with Gasteiger partial charge in [0, 0.05) is 18.2 Å². The average Bonchev–Trinajstić information content (AvgIpc) is 2.56. The van der Waals surface area contributed by atoms with E-state index in [0.717, 1.165) is 5.56 Å². The van der Waals surface area contributed by atoms with Crippen LogP contribution in [0.25, 0.3) is 0 Å². The maximum atomic E-state index is 13.7. The summed E-state index contributed by atoms with van der Waals surface area (Å²) in [5, 5.41) is 14.7. The zero-order valence-corrected chi connectivity index (χ0v) is 11.2. The van der Waals surface area contributed by atoms with E-state index in [1.54, 1.807) is 26.1 Å². The first kappa shape index (κ1) is 13.1. The summed E-state index contributed by atoms with van der Waals surface area (Å²) in [7, 11) is 1.68. The number of hydrogen-bond acceptors (Lipinski definition) is 2. The fourth-order valence-electron chi connectivity index (χ4n) is 1.99. The van der Waals surface area contributed by atoms with Crippen molar-refractivity contribution < 1.29 is 9.50 Å². The zero-order valence-electron chi connectivity index (χ0n) is 10.4. The molecule has 0 bridgehead atoms. The lowest BCUT2D eigenvalue weighted by atomic mass is 10.00. The van der Waals surface area contributed by atoms with Crippen LogP contribution in [-0.4, -0.2) is 14.9 Å². The van der Waals surface area contributed by atoms with E-state index in [9.17, 15) is 9.50 Å². The van der Waals surface area contributed by atoms with E-state index < -0.39 is 11.9 Å². The molecule has 5 heteroatoms. The highest BCUT2D eigenvalue weighted by Crippen LogP contribution is 2.32. The monoisotopic (exact) mass is 268 g/mol. The second-order valence-electron chi connectivity index (χ2n) is 4.34. The highest BCUT2D eigenvalue weighted by atomic mass is 35.5. The summed E-state index contributed by atoms with van der Waals surface area (Å²) in [4.78, 5) is 0. The lowest BCUT2D eigenvalue weighted by Gasteiger charge is -2.13. The Bertz CT molecular complexity index is 595. The molecule has 0 aliphatic carbocycles. The Kier molecular flexibility index (Phi) is 3.41. The van der Waals surface area contributed by atoms with Gasteiger partial charge in [0.1, 0.15) is 17.1 Å². The third kappa shape index (κ3) is 2.13. The van der Waals surface area contributed by atoms with Crippen LogP contribution in [-0.2, 0) is 7.05 Å². The molecule has 0 saturated heterocycles. The number of aryl methyl sites for hydroxylation is 3. The minimum atomic E-state index is -1.11. The summed E-state index contributed by atoms with van der Waals surface area (Å²) in [6, 6.07) is 4.61. The van der Waals surface area contributed by atoms with Crippen molar-refractivity contribution in [3.05, 3.63) is 51.6 Å². The Morgan fingerprint density at radius 2 is 2.06 bits per heavy atom. The molecule has 0 aliphatic heterocycles. The van der Waals surface area contributed by atoms with Gasteiger partial charge >= 0.3 is 0 Å². The molecule has 2 rings (SSSR count). The lowest BCUT2D eigenvalue weighted by Crippen LogP contribution is -2.04. The van der Waals surface area contributed by atoms with Gasteiger partial charge < -0.3 is 5.11 Å². The molecule has 96 valence electrons. The molecule has 0 radical (unpaired) electrons. The van der Waals surface area contributed by atoms with Crippen molar-refractivity contribution in [3.63, 3.8) is 0 Å². The highest BCUT2D eigenvalue weighted by molar-refractivity contribution is 6.30. The maximum absolute atomic E-state index is 13.7. The van der Waals surface area contributed by atoms with E-state index in [0.29, 0.717) is 16.4 Å². The first-order valence-electron chi connectivity index (χ1n) is 5.55. The molecule has 0 amide bonds. The number of aromatic nitrogens is 2. The molecule has 1 atom stereocenters. The van der Waals surface area contributed by atoms with Gasteiger partial charge in [-0.1, -0.05) is 29.3 Å². The third-order valence-electron chi connectivity index (χ3n) is 2.92. The lowest BCUT2D eigenvalue weighted by molar-refractivity contribution is 0.214. The third-order valence-corrected chi connectivity index (χ3v) is 3.36. The van der Waals surface area contributed by atoms with Gasteiger partial charge in [0.05, 0.1) is 5.69 Å². The Labute approximate surface area is 110 Å². The number of hydrogen-bond donors (Lipinski definition) is 1. The summed E-state index contributed by atoms with van der Waals surface area (Å²) in [5.74, 6) is -0.451. The summed E-state index contributed by atoms with van der Waals surface area (Å²) in [5.41, 5.74) is 2.13. The maximum Gasteiger partial charge on any atom is 0.133 e. The standard InChI is InChI=1S/C13H14ClFN2O/c1-7-4-5-10(15)9(6-7)12(18)11-8(2)16-17(3)13(11)14/h4-6,12,18H,1-3H3. The van der Waals surface area contributed by atoms with Gasteiger partial charge in [-0.15, -0.1) is 0 Å². The van der Waals surface area contributed by atoms with E-state index in [2.05, 4.69) is 5.10 Å². The first-order valence-corrected chi connectivity index (χ1v) is 5.92. The van der Waals surface area contributed by atoms with Gasteiger partial charge in [0.2, 0.25) is 0 Å². The molecule has 1 aromatic carbocycles. The molecule has 3 nitrogen and oxygen atoms in total. The van der Waals surface area contributed by atoms with Crippen LogP contribution in [0.1, 0.15) is 28.5 Å². The van der Waals surface area contributed by atoms with E-state index in [1.807, 2.05) is 6.92 Å². The van der Waals surface area contributed by atoms with Gasteiger partial charge in [-0.25, -0.2) is 4.39 Å². The summed E-state index contributed by atoms with van der Waals surface area (Å²) < 4.78 is 15.2. The molecule has 1 unspecified atom stereocenters. The van der Waals surface area contributed by atoms with Gasteiger partial charge in [0.15, 0.2) is 0 Å². The molecule has 1 N–H and O–H groups in total. The molecule has 18 heavy (non-hydrogen) atoms. The number of aliphatic hydroxyl groups excluding tert-OH is 1. The van der Waals surface area contributed by atoms with E-state index in [4.69, 9.17) is 11.6 Å². The molecule has 0 fully saturated rings. The predicted molar refractivity (Wildman–Crippen MR) is 68.2 cm³/mol. The van der Waals surface area contributed by atoms with Crippen molar-refractivity contribution in [2.45, 2.75) is 20.0 Å². The van der Waals surface area contributed by atoms with Crippen molar-refractivity contribution in [1.29, 1.82) is 0 Å². The van der Waals surface area contributed by atoms with Gasteiger partial charge in [-0.05, 0) is 19.9 Å². The van der Waals surface area contributed by atoms with E-state index in [-0.39, 0.29) is 5.56 Å². The SMILES string of the molecule is Cc1ccc(F)c(C(O)c2c(C)nn(C)c2Cl)c1. The minimum Gasteiger partial charge on any atom is -0.383 e. The van der Waals surface area contributed by atoms with Crippen LogP contribution in [0.5, 0.6) is 0 Å². The van der Waals surface area contributed by atoms with Gasteiger partial charge in [-0.2, -0.15) is 5.10 Å². The zero-order chi connectivity index (χ0) is 13.4. The Morgan fingerprint density at radius 3 is 2.61 bits per heavy atom. The van der Waals surface area contributed by atoms with Gasteiger partial charge in [0.25, 0.3) is 0 Å². The fourth-order valence-corrected chi connectivity index (χ4v) is 2.26. The van der Waals surface area contributed by atoms with Crippen LogP contribution in [0.3, 0.4) is 0 Å². The van der Waals surface area contributed by atoms with Crippen LogP contribution < -0.4 is 0 Å². The van der Waals surface area contributed by atoms with Crippen molar-refractivity contribution in [2.24, 2.45) is 7.05 Å². The minimum absolute atomic E-state index is 0.216. The second kappa shape index (κ2) is 4.71. The molecule has 1 heterocycles. The highest BCUT2D eigenvalue weighted by Gasteiger charge is 2.23. The quantitative estimate of drug-likeness (QED) is 0.909. The summed E-state index contributed by atoms with van der Waals surface area (Å²) in [6.07, 6.45) is -1.11. The van der Waals surface area contributed by atoms with Crippen molar-refractivity contribution in [2.75, 3.05) is 0 Å². The topological polar surface area (TPSA) is 38.1 Å². The summed E-state index contributed by atoms with van der Waals surface area (Å²) in [6.45, 7) is 3.57. The van der Waals surface area contributed by atoms with Crippen molar-refractivity contribution >= 4 is 11.6 Å². The van der Waals surface area contributed by atoms with Crippen LogP contribution in [0.4, 0.5) is 4.39 Å². The first-order chi connectivity index (χ1) is 8.41. The largest absolute Gasteiger partial charge is 0.383 e. The van der Waals surface area contributed by atoms with Crippen LogP contribution in [0, 0.1) is 19.7 Å². The van der Waals surface area contributed by atoms with Crippen molar-refractivity contribution in [1.82, 2.24) is 9.78 Å². The Hall–Kier alpha value is -1.39. The van der Waals surface area contributed by atoms with Gasteiger partial charge in [-0.3, -0.25) is 4.68 Å². The van der Waals surface area contributed by atoms with Crippen LogP contribution >= 0.6 is 11.6 Å². The number of rotatable bonds is 2. The molecule has 0 spiro atoms. The normalized spacial score (nSPS) is 12.8. The fraction of sp³-hybridized carbons (Fsp3) is 0.308. The predicted octanol–water partition coefficient (Wildman–Crippen LogP) is 2.91. The number of aliphatic hydroxyl groups is 1. The molecule has 1 aromatic heterocycles. The Morgan fingerprint density at radius 1 is 1.39 bits per heavy atom. The van der Waals surface area contributed by atoms with Crippen molar-refractivity contribution in [3.8, 4) is 0 Å². The number of nitrogens with zero attached hydrogens (tertiary/aromatic N) is 2. The number of halogens is 2. The van der Waals surface area contributed by atoms with Crippen LogP contribution in [0.15, 0.2) is 18.2 Å². The molecule has 0 aliphatic rings. The molecule has 0 saturated carbocycles. The van der Waals surface area contributed by atoms with E-state index >= 15 is 0 Å². The average molecular weight is 269 g/mol. The Balaban J connectivity index is 2.54. The molecule has 2 aromatic rings.